The molecule has 18 N–H and O–H groups in total. The van der Waals surface area contributed by atoms with Crippen LogP contribution in [0.2, 0.25) is 0 Å². The Kier molecular flexibility index (Phi) is 40.4. The molecule has 0 saturated carbocycles. The van der Waals surface area contributed by atoms with Crippen molar-refractivity contribution in [2.45, 2.75) is 195 Å². The van der Waals surface area contributed by atoms with Gasteiger partial charge in [0.05, 0.1) is 38.0 Å². The molecule has 4 heterocycles. The summed E-state index contributed by atoms with van der Waals surface area (Å²) in [6.45, 7) is 2.20. The van der Waals surface area contributed by atoms with Crippen molar-refractivity contribution in [1.82, 2.24) is 77.3 Å². The summed E-state index contributed by atoms with van der Waals surface area (Å²) in [6.07, 6.45) is -4.52. The number of phenolic OH excluding ortho intramolecular Hbond substituents is 1. The number of ether oxygens (including phenoxy) is 1. The number of carboxylic acids is 2. The molecule has 14 atom stereocenters. The van der Waals surface area contributed by atoms with Gasteiger partial charge in [-0.1, -0.05) is 131 Å². The summed E-state index contributed by atoms with van der Waals surface area (Å²) >= 11 is 0.688. The summed E-state index contributed by atoms with van der Waals surface area (Å²) in [5, 5.41) is 66.1. The van der Waals surface area contributed by atoms with E-state index < -0.39 is 272 Å². The van der Waals surface area contributed by atoms with Gasteiger partial charge in [-0.3, -0.25) is 86.2 Å². The van der Waals surface area contributed by atoms with Crippen molar-refractivity contribution in [1.29, 1.82) is 0 Å². The van der Waals surface area contributed by atoms with Crippen LogP contribution in [0, 0.1) is 17.6 Å². The molecule has 0 radical (unpaired) electrons. The molecule has 135 heavy (non-hydrogen) atoms. The topological polar surface area (TPSA) is 573 Å². The lowest BCUT2D eigenvalue weighted by molar-refractivity contribution is -0.152. The van der Waals surface area contributed by atoms with Gasteiger partial charge in [-0.25, -0.2) is 8.78 Å². The number of para-hydroxylation sites is 1. The van der Waals surface area contributed by atoms with Gasteiger partial charge in [-0.05, 0) is 96.3 Å². The second-order valence-corrected chi connectivity index (χ2v) is 34.7. The smallest absolute Gasteiger partial charge is 0.305 e. The number of fused-ring (bicyclic) bond motifs is 3. The summed E-state index contributed by atoms with van der Waals surface area (Å²) in [5.74, 6) is -23.5. The summed E-state index contributed by atoms with van der Waals surface area (Å²) in [4.78, 5) is 258. The van der Waals surface area contributed by atoms with Gasteiger partial charge >= 0.3 is 11.9 Å². The van der Waals surface area contributed by atoms with E-state index >= 15 is 47.5 Å². The number of aromatic nitrogens is 1. The maximum absolute atomic E-state index is 15.7. The van der Waals surface area contributed by atoms with E-state index in [0.29, 0.717) is 51.3 Å². The maximum atomic E-state index is 15.7. The first-order chi connectivity index (χ1) is 63.8. The number of primary amides is 1. The van der Waals surface area contributed by atoms with Gasteiger partial charge in [-0.15, -0.1) is 11.8 Å². The number of likely N-dealkylation sites (N-methyl/N-ethyl adjacent to an activating group) is 3. The highest BCUT2D eigenvalue weighted by Gasteiger charge is 2.48. The number of phenols is 1. The minimum Gasteiger partial charge on any atom is -0.508 e. The van der Waals surface area contributed by atoms with E-state index in [-0.39, 0.29) is 80.7 Å². The third kappa shape index (κ3) is 30.2. The van der Waals surface area contributed by atoms with Crippen molar-refractivity contribution in [2.24, 2.45) is 17.4 Å². The number of amides is 15. The van der Waals surface area contributed by atoms with Gasteiger partial charge in [0.2, 0.25) is 88.6 Å². The van der Waals surface area contributed by atoms with Crippen LogP contribution in [0.4, 0.5) is 13.5 Å². The number of aromatic amines is 1. The number of rotatable bonds is 25. The Labute approximate surface area is 780 Å². The number of aliphatic hydroxyl groups is 1. The predicted octanol–water partition coefficient (Wildman–Crippen LogP) is -0.361. The third-order valence-corrected chi connectivity index (χ3v) is 24.5. The molecule has 5 aromatic carbocycles. The molecule has 39 nitrogen and oxygen atoms in total. The number of morpholine rings is 1. The fourth-order valence-corrected chi connectivity index (χ4v) is 16.9. The van der Waals surface area contributed by atoms with Crippen LogP contribution in [0.25, 0.3) is 10.9 Å². The van der Waals surface area contributed by atoms with Crippen LogP contribution in [0.3, 0.4) is 0 Å². The number of carboxylic acid groups (broad SMARTS) is 2. The number of hydrogen-bond donors (Lipinski definition) is 16. The summed E-state index contributed by atoms with van der Waals surface area (Å²) in [7, 11) is 3.67. The number of nitrogens with one attached hydrogen (secondary N) is 10. The quantitative estimate of drug-likeness (QED) is 0.0348. The highest BCUT2D eigenvalue weighted by molar-refractivity contribution is 8.00. The van der Waals surface area contributed by atoms with E-state index in [4.69, 9.17) is 16.2 Å². The Balaban J connectivity index is 0.0000224. The predicted molar refractivity (Wildman–Crippen MR) is 486 cm³/mol. The molecule has 0 aliphatic carbocycles. The minimum atomic E-state index is -2.05. The monoisotopic (exact) mass is 1900 g/mol. The normalized spacial score (nSPS) is 23.9. The zero-order valence-corrected chi connectivity index (χ0v) is 76.3. The molecule has 3 saturated heterocycles. The lowest BCUT2D eigenvalue weighted by Crippen LogP contribution is -2.64. The largest absolute Gasteiger partial charge is 0.508 e. The molecule has 3 aliphatic rings. The maximum Gasteiger partial charge on any atom is 0.305 e. The lowest BCUT2D eigenvalue weighted by atomic mass is 9.98. The van der Waals surface area contributed by atoms with E-state index in [2.05, 4.69) is 52.8 Å². The SMILES string of the molecule is CCCC[C@H]1C(=O)N2C[C@H](O)C[C@@H]2C(=O)N[C@@H](CC(=O)O)C(=O)N[C@@H](C(C)C)C(=O)N(C)[C@@H](Cc2ccccc2)C(=O)N[C@@H](CCC(=O)O)C(=O)N2CCOC[C@@H]2C(=O)N[C@@H](Cc2c[nH]c3ccccc23)C(=O)N[C@@H](Cc2ccc(O)cc2)C(=O)N[C@@H](CCCN)C(=O)N[C@H](C(=O)NCC(N)=O)CSCC(=O)N[C@@H](Cc2ccc(F)c(F)c2)C(=O)N(C)[C@@H](Cc2ccccc2)C(=O)N1C.F. The number of H-pyrrole nitrogens is 1. The van der Waals surface area contributed by atoms with Crippen LogP contribution in [0.5, 0.6) is 5.75 Å². The molecular weight excluding hydrogens is 1780 g/mol. The second kappa shape index (κ2) is 51.1. The molecule has 3 fully saturated rings. The standard InChI is InChI=1S/C92H117F2N17O22S.FH/c1-7-8-25-70-91(131)111-47-58(113)43-72(111)86(126)104-67(44-78(118)119)84(124)106-79(51(2)3)92(132)108(5)71(40-52-18-11-9-12-19-52)85(125)101-64(32-33-77(116)117)89(129)110-35-36-133-48-74(110)87(127)103-66(42-56-45-97-62-23-16-15-22-59(56)62)83(123)102-65(38-54-26-29-57(112)30-27-54)82(122)100-63(24-17-34-95)81(121)105-69(80(120)98-46-75(96)114)49-134-50-76(115)99-68(39-55-28-31-60(93)61(94)37-55)88(128)109(6)73(90(130)107(70)4)41-53-20-13-10-14-21-53;/h9-16,18-23,26-31,37,45,51,58,63-74,79,97,112-113H,7-8,17,24-25,32-36,38-44,46-50,95H2,1-6H3,(H2,96,114)(H,98,120)(H,99,115)(H,100,122)(H,101,125)(H,102,123)(H,103,127)(H,104,126)(H,105,121)(H,106,124)(H,116,117)(H,118,119);1H/t58-,63+,64+,65+,66+,67+,68+,69+,70+,71+,72-,73+,74-,79+;/m1./s1. The number of nitrogens with zero attached hydrogens (tertiary/aromatic N) is 5. The Hall–Kier alpha value is -13.6. The Morgan fingerprint density at radius 1 is 0.548 bits per heavy atom. The highest BCUT2D eigenvalue weighted by Crippen LogP contribution is 2.28. The van der Waals surface area contributed by atoms with Crippen molar-refractivity contribution < 1.29 is 120 Å². The van der Waals surface area contributed by atoms with Crippen LogP contribution >= 0.6 is 11.8 Å². The van der Waals surface area contributed by atoms with Gasteiger partial charge in [-0.2, -0.15) is 0 Å². The van der Waals surface area contributed by atoms with E-state index in [9.17, 15) is 63.2 Å². The van der Waals surface area contributed by atoms with E-state index in [1.54, 1.807) is 98.0 Å². The van der Waals surface area contributed by atoms with Crippen LogP contribution in [-0.4, -0.2) is 307 Å². The van der Waals surface area contributed by atoms with Crippen LogP contribution in [0.15, 0.2) is 134 Å². The fourth-order valence-electron chi connectivity index (χ4n) is 16.1. The number of aliphatic hydroxyl groups excluding tert-OH is 1. The molecule has 0 unspecified atom stereocenters. The zero-order valence-electron chi connectivity index (χ0n) is 75.5. The van der Waals surface area contributed by atoms with Gasteiger partial charge in [0.1, 0.15) is 84.3 Å². The number of nitrogens with two attached hydrogens (primary N) is 2. The van der Waals surface area contributed by atoms with E-state index in [1.165, 1.54) is 59.3 Å². The summed E-state index contributed by atoms with van der Waals surface area (Å²) in [6, 6.07) is 9.30. The molecule has 6 aromatic rings. The molecule has 15 amide bonds. The van der Waals surface area contributed by atoms with Gasteiger partial charge in [0.15, 0.2) is 11.6 Å². The van der Waals surface area contributed by atoms with E-state index in [1.807, 2.05) is 0 Å². The number of aliphatic carboxylic acids is 2. The van der Waals surface area contributed by atoms with Crippen LogP contribution < -0.4 is 59.3 Å². The fraction of sp³-hybridized carbons (Fsp3) is 0.467. The third-order valence-electron chi connectivity index (χ3n) is 23.5. The highest BCUT2D eigenvalue weighted by atomic mass is 32.2. The molecule has 3 aliphatic heterocycles. The van der Waals surface area contributed by atoms with Crippen molar-refractivity contribution in [3.05, 3.63) is 173 Å². The number of carbonyl (C=O) groups excluding carboxylic acids is 15. The second-order valence-electron chi connectivity index (χ2n) is 33.7. The molecule has 0 bridgehead atoms. The van der Waals surface area contributed by atoms with Crippen molar-refractivity contribution in [3.8, 4) is 5.75 Å². The number of benzene rings is 5. The molecular formula is C92H118F3N17O22S. The van der Waals surface area contributed by atoms with Crippen LogP contribution in [-0.2, 0) is 118 Å². The lowest BCUT2D eigenvalue weighted by Gasteiger charge is -2.38. The Morgan fingerprint density at radius 3 is 1.74 bits per heavy atom. The molecule has 43 heteroatoms. The van der Waals surface area contributed by atoms with Gasteiger partial charge in [0, 0.05) is 102 Å². The van der Waals surface area contributed by atoms with E-state index in [0.717, 1.165) is 42.7 Å². The first-order valence-electron chi connectivity index (χ1n) is 44.1. The Bertz CT molecular complexity index is 5200. The van der Waals surface area contributed by atoms with Gasteiger partial charge < -0.3 is 114 Å². The van der Waals surface area contributed by atoms with Crippen molar-refractivity contribution in [2.75, 3.05) is 72.0 Å². The van der Waals surface area contributed by atoms with Crippen molar-refractivity contribution >= 4 is 123 Å². The van der Waals surface area contributed by atoms with Crippen LogP contribution in [0.1, 0.15) is 106 Å². The first kappa shape index (κ1) is 107. The average Bonchev–Trinajstić information content (AvgIpc) is 1.78. The number of thioether (sulfide) groups is 1. The number of unbranched alkanes of at least 4 members (excludes halogenated alkanes) is 1. The Morgan fingerprint density at radius 2 is 1.11 bits per heavy atom. The summed E-state index contributed by atoms with van der Waals surface area (Å²) in [5.41, 5.74) is 13.7. The molecule has 1 aromatic heterocycles. The van der Waals surface area contributed by atoms with Crippen molar-refractivity contribution in [3.63, 3.8) is 0 Å². The summed E-state index contributed by atoms with van der Waals surface area (Å²) < 4.78 is 35.6. The number of halogens is 3. The molecule has 9 rings (SSSR count). The number of carbonyl (C=O) groups is 17. The zero-order chi connectivity index (χ0) is 97.7. The minimum absolute atomic E-state index is 0. The van der Waals surface area contributed by atoms with Gasteiger partial charge in [0.25, 0.3) is 0 Å². The molecule has 0 spiro atoms. The average molecular weight is 1900 g/mol. The molecule has 730 valence electrons. The number of hydrogen-bond acceptors (Lipinski definition) is 22. The first-order valence-corrected chi connectivity index (χ1v) is 45.2. The number of aromatic hydroxyl groups is 1.